The molecule has 0 aliphatic heterocycles. The van der Waals surface area contributed by atoms with Crippen LogP contribution in [0.25, 0.3) is 10.1 Å². The van der Waals surface area contributed by atoms with Gasteiger partial charge in [-0.2, -0.15) is 0 Å². The van der Waals surface area contributed by atoms with Crippen molar-refractivity contribution in [3.05, 3.63) is 29.6 Å². The molecule has 0 saturated heterocycles. The predicted octanol–water partition coefficient (Wildman–Crippen LogP) is 1.18. The van der Waals surface area contributed by atoms with Crippen LogP contribution in [-0.2, 0) is 4.79 Å². The van der Waals surface area contributed by atoms with Gasteiger partial charge in [-0.3, -0.25) is 4.79 Å². The SMILES string of the molecule is CN(C(=O)C(O)CN)c1csc2ccccc12. The van der Waals surface area contributed by atoms with Crippen molar-refractivity contribution in [2.45, 2.75) is 6.10 Å². The standard InChI is InChI=1S/C12H14N2O2S/c1-14(12(16)10(15)6-13)9-7-17-11-5-3-2-4-8(9)11/h2-5,7,10,15H,6,13H2,1H3. The molecule has 0 aliphatic carbocycles. The van der Waals surface area contributed by atoms with E-state index in [1.807, 2.05) is 29.6 Å². The van der Waals surface area contributed by atoms with Gasteiger partial charge >= 0.3 is 0 Å². The number of nitrogens with zero attached hydrogens (tertiary/aromatic N) is 1. The molecular weight excluding hydrogens is 236 g/mol. The first-order chi connectivity index (χ1) is 8.15. The Morgan fingerprint density at radius 2 is 2.24 bits per heavy atom. The maximum Gasteiger partial charge on any atom is 0.256 e. The zero-order chi connectivity index (χ0) is 12.4. The van der Waals surface area contributed by atoms with Gasteiger partial charge in [0.15, 0.2) is 0 Å². The molecule has 0 saturated carbocycles. The molecule has 0 aliphatic rings. The highest BCUT2D eigenvalue weighted by molar-refractivity contribution is 7.17. The Morgan fingerprint density at radius 1 is 1.53 bits per heavy atom. The molecule has 5 heteroatoms. The molecule has 2 rings (SSSR count). The van der Waals surface area contributed by atoms with Gasteiger partial charge in [0.25, 0.3) is 5.91 Å². The number of likely N-dealkylation sites (N-methyl/N-ethyl adjacent to an activating group) is 1. The van der Waals surface area contributed by atoms with Crippen LogP contribution >= 0.6 is 11.3 Å². The van der Waals surface area contributed by atoms with Crippen LogP contribution in [0.15, 0.2) is 29.6 Å². The molecule has 1 unspecified atom stereocenters. The minimum Gasteiger partial charge on any atom is -0.382 e. The Morgan fingerprint density at radius 3 is 2.94 bits per heavy atom. The van der Waals surface area contributed by atoms with E-state index < -0.39 is 6.10 Å². The van der Waals surface area contributed by atoms with Gasteiger partial charge < -0.3 is 15.7 Å². The summed E-state index contributed by atoms with van der Waals surface area (Å²) in [4.78, 5) is 13.3. The highest BCUT2D eigenvalue weighted by Crippen LogP contribution is 2.32. The molecule has 0 spiro atoms. The van der Waals surface area contributed by atoms with E-state index in [-0.39, 0.29) is 12.5 Å². The highest BCUT2D eigenvalue weighted by atomic mass is 32.1. The number of hydrogen-bond donors (Lipinski definition) is 2. The lowest BCUT2D eigenvalue weighted by Crippen LogP contribution is -2.40. The van der Waals surface area contributed by atoms with E-state index >= 15 is 0 Å². The van der Waals surface area contributed by atoms with Crippen LogP contribution in [0.5, 0.6) is 0 Å². The van der Waals surface area contributed by atoms with Crippen LogP contribution in [0.4, 0.5) is 5.69 Å². The lowest BCUT2D eigenvalue weighted by molar-refractivity contribution is -0.125. The lowest BCUT2D eigenvalue weighted by atomic mass is 10.2. The number of thiophene rings is 1. The summed E-state index contributed by atoms with van der Waals surface area (Å²) in [6, 6.07) is 7.84. The van der Waals surface area contributed by atoms with Crippen LogP contribution in [0.3, 0.4) is 0 Å². The normalized spacial score (nSPS) is 12.6. The zero-order valence-corrected chi connectivity index (χ0v) is 10.3. The number of rotatable bonds is 3. The fourth-order valence-electron chi connectivity index (χ4n) is 1.67. The molecule has 1 atom stereocenters. The van der Waals surface area contributed by atoms with Crippen LogP contribution in [-0.4, -0.2) is 30.7 Å². The molecule has 0 fully saturated rings. The second kappa shape index (κ2) is 4.83. The second-order valence-corrected chi connectivity index (χ2v) is 4.68. The average molecular weight is 250 g/mol. The maximum atomic E-state index is 11.8. The summed E-state index contributed by atoms with van der Waals surface area (Å²) < 4.78 is 1.12. The Labute approximate surface area is 103 Å². The van der Waals surface area contributed by atoms with Gasteiger partial charge in [-0.1, -0.05) is 18.2 Å². The van der Waals surface area contributed by atoms with E-state index in [1.165, 1.54) is 4.90 Å². The molecule has 3 N–H and O–H groups in total. The largest absolute Gasteiger partial charge is 0.382 e. The fourth-order valence-corrected chi connectivity index (χ4v) is 2.65. The second-order valence-electron chi connectivity index (χ2n) is 3.77. The summed E-state index contributed by atoms with van der Waals surface area (Å²) >= 11 is 1.57. The molecular formula is C12H14N2O2S. The molecule has 0 bridgehead atoms. The Hall–Kier alpha value is -1.43. The van der Waals surface area contributed by atoms with Crippen molar-refractivity contribution >= 4 is 33.0 Å². The third-order valence-electron chi connectivity index (χ3n) is 2.66. The minimum absolute atomic E-state index is 0.0642. The zero-order valence-electron chi connectivity index (χ0n) is 9.46. The summed E-state index contributed by atoms with van der Waals surface area (Å²) in [7, 11) is 1.65. The lowest BCUT2D eigenvalue weighted by Gasteiger charge is -2.19. The first-order valence-electron chi connectivity index (χ1n) is 5.27. The summed E-state index contributed by atoms with van der Waals surface area (Å²) in [5, 5.41) is 12.4. The van der Waals surface area contributed by atoms with Crippen molar-refractivity contribution in [1.82, 2.24) is 0 Å². The molecule has 1 amide bonds. The molecule has 4 nitrogen and oxygen atoms in total. The van der Waals surface area contributed by atoms with E-state index in [9.17, 15) is 9.90 Å². The van der Waals surface area contributed by atoms with E-state index in [0.717, 1.165) is 15.8 Å². The molecule has 1 heterocycles. The molecule has 1 aromatic carbocycles. The van der Waals surface area contributed by atoms with Crippen molar-refractivity contribution < 1.29 is 9.90 Å². The van der Waals surface area contributed by atoms with Gasteiger partial charge in [0, 0.05) is 29.1 Å². The molecule has 2 aromatic rings. The van der Waals surface area contributed by atoms with Gasteiger partial charge in [0.2, 0.25) is 0 Å². The Bertz CT molecular complexity index is 538. The van der Waals surface area contributed by atoms with Crippen LogP contribution in [0.2, 0.25) is 0 Å². The number of nitrogens with two attached hydrogens (primary N) is 1. The number of anilines is 1. The number of hydrogen-bond acceptors (Lipinski definition) is 4. The van der Waals surface area contributed by atoms with Gasteiger partial charge in [-0.05, 0) is 6.07 Å². The van der Waals surface area contributed by atoms with Crippen LogP contribution in [0.1, 0.15) is 0 Å². The van der Waals surface area contributed by atoms with Crippen molar-refractivity contribution in [2.24, 2.45) is 5.73 Å². The quantitative estimate of drug-likeness (QED) is 0.859. The first-order valence-corrected chi connectivity index (χ1v) is 6.15. The average Bonchev–Trinajstić information content (AvgIpc) is 2.79. The van der Waals surface area contributed by atoms with E-state index in [0.29, 0.717) is 0 Å². The van der Waals surface area contributed by atoms with Gasteiger partial charge in [0.1, 0.15) is 6.10 Å². The van der Waals surface area contributed by atoms with Crippen molar-refractivity contribution in [2.75, 3.05) is 18.5 Å². The van der Waals surface area contributed by atoms with Gasteiger partial charge in [0.05, 0.1) is 5.69 Å². The Balaban J connectivity index is 2.37. The molecule has 0 radical (unpaired) electrons. The Kier molecular flexibility index (Phi) is 3.42. The van der Waals surface area contributed by atoms with Gasteiger partial charge in [-0.25, -0.2) is 0 Å². The van der Waals surface area contributed by atoms with Crippen LogP contribution < -0.4 is 10.6 Å². The van der Waals surface area contributed by atoms with E-state index in [1.54, 1.807) is 18.4 Å². The summed E-state index contributed by atoms with van der Waals surface area (Å²) in [5.74, 6) is -0.379. The van der Waals surface area contributed by atoms with Crippen LogP contribution in [0, 0.1) is 0 Å². The highest BCUT2D eigenvalue weighted by Gasteiger charge is 2.20. The monoisotopic (exact) mass is 250 g/mol. The summed E-state index contributed by atoms with van der Waals surface area (Å²) in [6.45, 7) is -0.0642. The number of carbonyl (C=O) groups is 1. The topological polar surface area (TPSA) is 66.6 Å². The third-order valence-corrected chi connectivity index (χ3v) is 3.61. The minimum atomic E-state index is -1.14. The molecule has 17 heavy (non-hydrogen) atoms. The number of amides is 1. The van der Waals surface area contributed by atoms with Gasteiger partial charge in [-0.15, -0.1) is 11.3 Å². The first kappa shape index (κ1) is 12.0. The fraction of sp³-hybridized carbons (Fsp3) is 0.250. The number of benzene rings is 1. The summed E-state index contributed by atoms with van der Waals surface area (Å²) in [6.07, 6.45) is -1.14. The maximum absolute atomic E-state index is 11.8. The predicted molar refractivity (Wildman–Crippen MR) is 70.3 cm³/mol. The molecule has 90 valence electrons. The number of aliphatic hydroxyl groups excluding tert-OH is 1. The van der Waals surface area contributed by atoms with E-state index in [4.69, 9.17) is 5.73 Å². The smallest absolute Gasteiger partial charge is 0.256 e. The number of aliphatic hydroxyl groups is 1. The number of carbonyl (C=O) groups excluding carboxylic acids is 1. The summed E-state index contributed by atoms with van der Waals surface area (Å²) in [5.41, 5.74) is 6.09. The molecule has 1 aromatic heterocycles. The van der Waals surface area contributed by atoms with Crippen molar-refractivity contribution in [3.63, 3.8) is 0 Å². The van der Waals surface area contributed by atoms with E-state index in [2.05, 4.69) is 0 Å². The third kappa shape index (κ3) is 2.17. The number of fused-ring (bicyclic) bond motifs is 1. The van der Waals surface area contributed by atoms with Crippen molar-refractivity contribution in [1.29, 1.82) is 0 Å². The van der Waals surface area contributed by atoms with Crippen molar-refractivity contribution in [3.8, 4) is 0 Å².